The van der Waals surface area contributed by atoms with E-state index in [-0.39, 0.29) is 66.4 Å². The van der Waals surface area contributed by atoms with Crippen LogP contribution >= 0.6 is 0 Å². The second-order valence-electron chi connectivity index (χ2n) is 33.0. The normalized spacial score (nSPS) is 23.6. The molecule has 734 valence electrons. The maximum atomic E-state index is 13.5. The number of carboxylic acids is 2. The van der Waals surface area contributed by atoms with Crippen molar-refractivity contribution < 1.29 is 130 Å². The molecule has 0 spiro atoms. The summed E-state index contributed by atoms with van der Waals surface area (Å²) in [4.78, 5) is 233. The second kappa shape index (κ2) is 45.2. The number of carboxylic acid groups (broad SMARTS) is 2. The van der Waals surface area contributed by atoms with Gasteiger partial charge in [0.25, 0.3) is 22.3 Å². The molecule has 14 atom stereocenters. The minimum absolute atomic E-state index is 0.00865. The number of aryl methyl sites for hydroxylation is 3. The number of terminal acetylenes is 3. The van der Waals surface area contributed by atoms with Crippen LogP contribution in [0.3, 0.4) is 0 Å². The van der Waals surface area contributed by atoms with Gasteiger partial charge in [0.15, 0.2) is 41.8 Å². The SMILES string of the molecule is C#C[C@@]1(C)[C@@H](COC(Cc2ccc(N3CCCNC3=O)cc2)(C(C)=O)C(=O)OCC)OC(OC(C)=O)[C@@H]1OC(C)=O.C#C[C@@]1(C)[C@@H](COC(Cc2ccc(N3CCCNC3=O)cc2)(C(C)=O)C(=O)OCC)O[C@@H](n2cc(C)c(=O)[nH]c2=O)[C@@H]1OC(C)=O.C#C[C@@]1(O)[C@@H](COC(Cc2ccc(N3CCCNC3=O)cc2)(C(=O)O)C(=O)O)O[C@@H](n2cc(C)c(=O)[nH]c2=O)[C@@H]1O.Cc1c[nH]c(=O)[nH]c1=O. The van der Waals surface area contributed by atoms with Gasteiger partial charge in [0, 0.05) is 132 Å². The molecule has 45 nitrogen and oxygen atoms in total. The van der Waals surface area contributed by atoms with Crippen molar-refractivity contribution in [3.8, 4) is 37.0 Å². The minimum Gasteiger partial charge on any atom is -0.479 e. The number of anilines is 3. The number of urea groups is 3. The molecular formula is C92H108N12O33. The number of ketones is 2. The number of hydrogen-bond acceptors (Lipinski definition) is 31. The molecule has 12 rings (SSSR count). The number of aliphatic hydroxyl groups excluding tert-OH is 1. The topological polar surface area (TPSA) is 609 Å². The van der Waals surface area contributed by atoms with Crippen LogP contribution in [0.2, 0.25) is 0 Å². The van der Waals surface area contributed by atoms with Crippen LogP contribution in [0.1, 0.15) is 127 Å². The van der Waals surface area contributed by atoms with E-state index in [1.54, 1.807) is 92.9 Å². The van der Waals surface area contributed by atoms with Gasteiger partial charge in [-0.3, -0.25) is 77.1 Å². The van der Waals surface area contributed by atoms with E-state index in [1.807, 2.05) is 10.9 Å². The molecule has 9 heterocycles. The van der Waals surface area contributed by atoms with Gasteiger partial charge in [-0.1, -0.05) is 54.2 Å². The molecule has 3 unspecified atom stereocenters. The maximum Gasteiger partial charge on any atom is 0.348 e. The number of aromatic amines is 4. The molecule has 0 aliphatic carbocycles. The first-order valence-corrected chi connectivity index (χ1v) is 43.1. The Morgan fingerprint density at radius 1 is 0.474 bits per heavy atom. The molecule has 11 N–H and O–H groups in total. The van der Waals surface area contributed by atoms with Crippen LogP contribution in [-0.2, 0) is 115 Å². The lowest BCUT2D eigenvalue weighted by atomic mass is 9.81. The van der Waals surface area contributed by atoms with E-state index < -0.39 is 196 Å². The van der Waals surface area contributed by atoms with Gasteiger partial charge < -0.3 is 93.5 Å². The fourth-order valence-electron chi connectivity index (χ4n) is 15.5. The molecule has 0 saturated carbocycles. The first-order chi connectivity index (χ1) is 64.7. The Morgan fingerprint density at radius 3 is 1.18 bits per heavy atom. The molecule has 6 aromatic rings. The van der Waals surface area contributed by atoms with E-state index in [9.17, 15) is 107 Å². The van der Waals surface area contributed by atoms with Gasteiger partial charge in [0.1, 0.15) is 24.4 Å². The molecule has 6 aliphatic rings. The molecule has 6 saturated heterocycles. The van der Waals surface area contributed by atoms with Crippen molar-refractivity contribution in [3.63, 3.8) is 0 Å². The number of nitrogens with zero attached hydrogens (tertiary/aromatic N) is 5. The summed E-state index contributed by atoms with van der Waals surface area (Å²) in [5.41, 5.74) is -12.3. The quantitative estimate of drug-likeness (QED) is 0.0126. The van der Waals surface area contributed by atoms with Crippen LogP contribution < -0.4 is 64.4 Å². The molecule has 0 radical (unpaired) electrons. The number of H-pyrrole nitrogens is 4. The summed E-state index contributed by atoms with van der Waals surface area (Å²) < 4.78 is 63.8. The summed E-state index contributed by atoms with van der Waals surface area (Å²) in [7, 11) is 0. The van der Waals surface area contributed by atoms with Crippen molar-refractivity contribution in [2.45, 2.75) is 199 Å². The lowest BCUT2D eigenvalue weighted by Gasteiger charge is -2.33. The number of ether oxygens (including phenoxy) is 11. The molecule has 3 aromatic heterocycles. The summed E-state index contributed by atoms with van der Waals surface area (Å²) in [6.45, 7) is 18.2. The number of aromatic nitrogens is 6. The van der Waals surface area contributed by atoms with Crippen molar-refractivity contribution in [1.29, 1.82) is 0 Å². The number of rotatable bonds is 31. The van der Waals surface area contributed by atoms with Crippen LogP contribution in [0.15, 0.2) is 120 Å². The largest absolute Gasteiger partial charge is 0.479 e. The van der Waals surface area contributed by atoms with Crippen molar-refractivity contribution >= 4 is 88.5 Å². The van der Waals surface area contributed by atoms with Gasteiger partial charge in [-0.15, -0.1) is 19.3 Å². The Kier molecular flexibility index (Phi) is 35.1. The zero-order valence-electron chi connectivity index (χ0n) is 77.0. The van der Waals surface area contributed by atoms with E-state index in [1.165, 1.54) is 83.1 Å². The standard InChI is InChI=1S/C32H38N4O10.C29H36N2O10.C26H28N4O11.C5H6N2O2/c1-7-31(6)24(46-27(25(31)45-21(5)38)36-17-19(3)26(39)34-30(36)42)18-44-32(20(4)37,28(40)43-8-2)16-22-10-12-23(13-11-22)35-15-9-14-33-29(35)41;1-7-28(6)23(41-25(40-20(5)34)24(28)39-19(4)33)17-38-29(18(3)32,26(35)37-8-2)16-21-10-12-22(13-11-21)31-15-9-14-30-27(31)36;1-3-25(39)17(41-20(18(25)31)30-12-14(2)19(32)28-24(30)38)13-40-26(21(33)34,22(35)36)11-15-5-7-16(8-6-15)29-10-4-9-27-23(29)37;1-3-2-6-5(9)7-4(3)8/h1,10-13,17,24-25,27H,8-9,14-16,18H2,2-6H3,(H,33,41)(H,34,39,42);1,10-13,23-25H,8-9,14-17H2,2-6H3,(H,30,36);1,5-8,12,17-18,20,31,39H,4,9-11,13H2,2H3,(H,27,37)(H,33,34)(H,35,36)(H,28,32,38);2H,1H3,(H2,6,7,8,9)/t24-,25+,27-,31+,32?;23-,24+,25?,28+,29?;17-,18+,20-,25-;/m111./s1. The Bertz CT molecular complexity index is 6030. The van der Waals surface area contributed by atoms with Crippen molar-refractivity contribution in [2.75, 3.05) is 87.0 Å². The Morgan fingerprint density at radius 2 is 0.825 bits per heavy atom. The zero-order valence-corrected chi connectivity index (χ0v) is 77.0. The lowest BCUT2D eigenvalue weighted by molar-refractivity contribution is -0.201. The number of carbonyl (C=O) groups excluding carboxylic acids is 10. The fourth-order valence-corrected chi connectivity index (χ4v) is 15.5. The third-order valence-electron chi connectivity index (χ3n) is 23.5. The molecular weight excluding hydrogens is 1800 g/mol. The summed E-state index contributed by atoms with van der Waals surface area (Å²) in [5, 5.41) is 49.9. The third-order valence-corrected chi connectivity index (χ3v) is 23.5. The number of hydrogen-bond donors (Lipinski definition) is 11. The number of Topliss-reactive ketones (excluding diaryl/α,β-unsaturated/α-hetero) is 2. The van der Waals surface area contributed by atoms with Crippen molar-refractivity contribution in [3.05, 3.63) is 187 Å². The first-order valence-electron chi connectivity index (χ1n) is 43.1. The average molecular weight is 1910 g/mol. The van der Waals surface area contributed by atoms with Crippen LogP contribution in [0.5, 0.6) is 0 Å². The van der Waals surface area contributed by atoms with Gasteiger partial charge in [0.2, 0.25) is 17.5 Å². The molecule has 45 heteroatoms. The van der Waals surface area contributed by atoms with Gasteiger partial charge in [-0.25, -0.2) is 47.9 Å². The van der Waals surface area contributed by atoms with E-state index in [0.29, 0.717) is 73.0 Å². The van der Waals surface area contributed by atoms with E-state index in [2.05, 4.69) is 42.7 Å². The van der Waals surface area contributed by atoms with Crippen LogP contribution in [0, 0.1) is 68.6 Å². The highest BCUT2D eigenvalue weighted by molar-refractivity contribution is 6.07. The predicted molar refractivity (Wildman–Crippen MR) is 480 cm³/mol. The van der Waals surface area contributed by atoms with Crippen LogP contribution in [0.25, 0.3) is 0 Å². The maximum absolute atomic E-state index is 13.5. The Balaban J connectivity index is 0.000000220. The number of carbonyl (C=O) groups is 12. The highest BCUT2D eigenvalue weighted by Gasteiger charge is 2.62. The van der Waals surface area contributed by atoms with Gasteiger partial charge in [-0.2, -0.15) is 0 Å². The lowest BCUT2D eigenvalue weighted by Crippen LogP contribution is -2.55. The molecule has 3 aromatic carbocycles. The summed E-state index contributed by atoms with van der Waals surface area (Å²) >= 11 is 0. The number of aliphatic hydroxyl groups is 2. The minimum atomic E-state index is -2.88. The van der Waals surface area contributed by atoms with E-state index in [4.69, 9.17) is 71.4 Å². The number of benzene rings is 3. The summed E-state index contributed by atoms with van der Waals surface area (Å²) in [5.74, 6) is -1.80. The highest BCUT2D eigenvalue weighted by atomic mass is 16.7. The van der Waals surface area contributed by atoms with Crippen molar-refractivity contribution in [1.82, 2.24) is 45.0 Å². The number of esters is 5. The van der Waals surface area contributed by atoms with Crippen LogP contribution in [-0.4, -0.2) is 259 Å². The predicted octanol–water partition coefficient (Wildman–Crippen LogP) is 1.23. The third kappa shape index (κ3) is 23.9. The monoisotopic (exact) mass is 1910 g/mol. The fraction of sp³-hybridized carbons (Fsp3) is 0.478. The number of amides is 6. The molecule has 6 fully saturated rings. The first kappa shape index (κ1) is 106. The molecule has 0 bridgehead atoms. The molecule has 6 aliphatic heterocycles. The average Bonchev–Trinajstić information content (AvgIpc) is 1.59. The smallest absolute Gasteiger partial charge is 0.348 e. The van der Waals surface area contributed by atoms with E-state index >= 15 is 0 Å². The molecule has 6 amide bonds. The van der Waals surface area contributed by atoms with Gasteiger partial charge >= 0.3 is 76.9 Å². The number of nitrogens with one attached hydrogen (secondary N) is 7. The summed E-state index contributed by atoms with van der Waals surface area (Å²) in [6.07, 6.45) is 9.74. The Hall–Kier alpha value is -14.5. The number of aliphatic carboxylic acids is 2. The highest BCUT2D eigenvalue weighted by Crippen LogP contribution is 2.47. The molecule has 137 heavy (non-hydrogen) atoms. The van der Waals surface area contributed by atoms with Gasteiger partial charge in [-0.05, 0) is 135 Å². The van der Waals surface area contributed by atoms with E-state index in [0.717, 1.165) is 41.5 Å². The Labute approximate surface area is 781 Å². The van der Waals surface area contributed by atoms with Gasteiger partial charge in [0.05, 0.1) is 43.9 Å². The second-order valence-corrected chi connectivity index (χ2v) is 33.0. The zero-order chi connectivity index (χ0) is 101. The summed E-state index contributed by atoms with van der Waals surface area (Å²) in [6, 6.07) is 18.9. The van der Waals surface area contributed by atoms with Crippen molar-refractivity contribution in [2.24, 2.45) is 10.8 Å². The van der Waals surface area contributed by atoms with Crippen LogP contribution in [0.4, 0.5) is 31.4 Å².